The fraction of sp³-hybridized carbons (Fsp3) is 0.0455. The molecule has 4 nitrogen and oxygen atoms in total. The van der Waals surface area contributed by atoms with Crippen molar-refractivity contribution in [1.82, 2.24) is 9.13 Å². The van der Waals surface area contributed by atoms with Crippen molar-refractivity contribution in [3.05, 3.63) is 95.4 Å². The summed E-state index contributed by atoms with van der Waals surface area (Å²) in [4.78, 5) is 0. The van der Waals surface area contributed by atoms with Gasteiger partial charge in [0, 0.05) is 5.69 Å². The zero-order valence-corrected chi connectivity index (χ0v) is 15.6. The van der Waals surface area contributed by atoms with Crippen LogP contribution in [0.4, 0.5) is 0 Å². The SMILES string of the molecule is Cc1c(O)n(-c2ccc(Oc3ccccc3)cc2)c(=S)n1-c1ccccc1. The van der Waals surface area contributed by atoms with Crippen LogP contribution in [0, 0.1) is 11.7 Å². The summed E-state index contributed by atoms with van der Waals surface area (Å²) in [5.41, 5.74) is 2.38. The van der Waals surface area contributed by atoms with Gasteiger partial charge in [0.1, 0.15) is 11.5 Å². The molecule has 0 aliphatic rings. The van der Waals surface area contributed by atoms with Crippen LogP contribution in [-0.4, -0.2) is 14.2 Å². The monoisotopic (exact) mass is 374 g/mol. The fourth-order valence-corrected chi connectivity index (χ4v) is 3.43. The van der Waals surface area contributed by atoms with Gasteiger partial charge in [0.25, 0.3) is 0 Å². The third-order valence-electron chi connectivity index (χ3n) is 4.34. The van der Waals surface area contributed by atoms with E-state index in [0.29, 0.717) is 10.5 Å². The lowest BCUT2D eigenvalue weighted by atomic mass is 10.3. The molecule has 0 radical (unpaired) electrons. The highest BCUT2D eigenvalue weighted by atomic mass is 32.1. The molecule has 0 aliphatic carbocycles. The minimum absolute atomic E-state index is 0.126. The molecular weight excluding hydrogens is 356 g/mol. The molecule has 0 saturated heterocycles. The second kappa shape index (κ2) is 7.13. The van der Waals surface area contributed by atoms with Crippen LogP contribution in [0.25, 0.3) is 11.4 Å². The van der Waals surface area contributed by atoms with E-state index in [9.17, 15) is 5.11 Å². The number of imidazole rings is 1. The largest absolute Gasteiger partial charge is 0.493 e. The summed E-state index contributed by atoms with van der Waals surface area (Å²) in [6, 6.07) is 26.8. The lowest BCUT2D eigenvalue weighted by molar-refractivity contribution is 0.437. The van der Waals surface area contributed by atoms with Gasteiger partial charge in [0.2, 0.25) is 5.88 Å². The lowest BCUT2D eigenvalue weighted by Crippen LogP contribution is -1.98. The summed E-state index contributed by atoms with van der Waals surface area (Å²) in [6.45, 7) is 1.85. The van der Waals surface area contributed by atoms with Crippen LogP contribution in [0.1, 0.15) is 5.69 Å². The van der Waals surface area contributed by atoms with Gasteiger partial charge in [-0.3, -0.25) is 9.13 Å². The lowest BCUT2D eigenvalue weighted by Gasteiger charge is -2.08. The summed E-state index contributed by atoms with van der Waals surface area (Å²) < 4.78 is 9.85. The molecule has 0 amide bonds. The molecule has 3 aromatic carbocycles. The molecule has 0 aliphatic heterocycles. The topological polar surface area (TPSA) is 39.3 Å². The Morgan fingerprint density at radius 1 is 0.704 bits per heavy atom. The van der Waals surface area contributed by atoms with E-state index in [2.05, 4.69) is 0 Å². The van der Waals surface area contributed by atoms with Gasteiger partial charge >= 0.3 is 0 Å². The zero-order chi connectivity index (χ0) is 18.8. The first kappa shape index (κ1) is 17.1. The number of ether oxygens (including phenoxy) is 1. The quantitative estimate of drug-likeness (QED) is 0.459. The smallest absolute Gasteiger partial charge is 0.218 e. The number of benzene rings is 3. The second-order valence-electron chi connectivity index (χ2n) is 6.11. The van der Waals surface area contributed by atoms with Crippen molar-refractivity contribution >= 4 is 12.2 Å². The first-order chi connectivity index (χ1) is 13.1. The second-order valence-corrected chi connectivity index (χ2v) is 6.47. The van der Waals surface area contributed by atoms with Crippen LogP contribution < -0.4 is 4.74 Å². The van der Waals surface area contributed by atoms with Crippen LogP contribution >= 0.6 is 12.2 Å². The number of aromatic nitrogens is 2. The summed E-state index contributed by atoms with van der Waals surface area (Å²) >= 11 is 5.64. The van der Waals surface area contributed by atoms with Gasteiger partial charge in [-0.1, -0.05) is 36.4 Å². The number of rotatable bonds is 4. The number of hydrogen-bond acceptors (Lipinski definition) is 3. The van der Waals surface area contributed by atoms with Crippen molar-refractivity contribution in [1.29, 1.82) is 0 Å². The number of aromatic hydroxyl groups is 1. The van der Waals surface area contributed by atoms with Gasteiger partial charge in [-0.25, -0.2) is 0 Å². The molecule has 4 rings (SSSR count). The van der Waals surface area contributed by atoms with Gasteiger partial charge in [-0.2, -0.15) is 0 Å². The summed E-state index contributed by atoms with van der Waals surface area (Å²) in [7, 11) is 0. The van der Waals surface area contributed by atoms with Crippen molar-refractivity contribution in [2.75, 3.05) is 0 Å². The normalized spacial score (nSPS) is 10.7. The van der Waals surface area contributed by atoms with Gasteiger partial charge in [0.05, 0.1) is 11.4 Å². The summed E-state index contributed by atoms with van der Waals surface area (Å²) in [6.07, 6.45) is 0. The Balaban J connectivity index is 1.71. The van der Waals surface area contributed by atoms with Gasteiger partial charge in [-0.15, -0.1) is 0 Å². The van der Waals surface area contributed by atoms with Crippen LogP contribution in [0.15, 0.2) is 84.9 Å². The van der Waals surface area contributed by atoms with Crippen molar-refractivity contribution < 1.29 is 9.84 Å². The predicted molar refractivity (Wildman–Crippen MR) is 109 cm³/mol. The summed E-state index contributed by atoms with van der Waals surface area (Å²) in [5, 5.41) is 10.7. The van der Waals surface area contributed by atoms with Crippen molar-refractivity contribution in [3.8, 4) is 28.8 Å². The minimum atomic E-state index is 0.126. The molecule has 0 saturated carbocycles. The third-order valence-corrected chi connectivity index (χ3v) is 4.71. The predicted octanol–water partition coefficient (Wildman–Crippen LogP) is 5.80. The number of nitrogens with zero attached hydrogens (tertiary/aromatic N) is 2. The molecular formula is C22H18N2O2S. The Bertz CT molecular complexity index is 1110. The molecule has 1 aromatic heterocycles. The van der Waals surface area contributed by atoms with Crippen LogP contribution in [0.2, 0.25) is 0 Å². The highest BCUT2D eigenvalue weighted by Crippen LogP contribution is 2.29. The van der Waals surface area contributed by atoms with Gasteiger partial charge in [-0.05, 0) is 67.7 Å². The summed E-state index contributed by atoms with van der Waals surface area (Å²) in [5.74, 6) is 1.62. The van der Waals surface area contributed by atoms with Crippen molar-refractivity contribution in [3.63, 3.8) is 0 Å². The van der Waals surface area contributed by atoms with E-state index in [1.807, 2.05) is 96.4 Å². The molecule has 4 aromatic rings. The van der Waals surface area contributed by atoms with E-state index in [1.54, 1.807) is 4.57 Å². The van der Waals surface area contributed by atoms with E-state index in [4.69, 9.17) is 17.0 Å². The zero-order valence-electron chi connectivity index (χ0n) is 14.7. The number of para-hydroxylation sites is 2. The van der Waals surface area contributed by atoms with Crippen molar-refractivity contribution in [2.24, 2.45) is 0 Å². The average Bonchev–Trinajstić information content (AvgIpc) is 2.93. The van der Waals surface area contributed by atoms with Crippen LogP contribution in [-0.2, 0) is 0 Å². The van der Waals surface area contributed by atoms with Crippen LogP contribution in [0.3, 0.4) is 0 Å². The Kier molecular flexibility index (Phi) is 4.52. The van der Waals surface area contributed by atoms with Crippen molar-refractivity contribution in [2.45, 2.75) is 6.92 Å². The van der Waals surface area contributed by atoms with E-state index < -0.39 is 0 Å². The molecule has 1 heterocycles. The first-order valence-corrected chi connectivity index (χ1v) is 8.98. The fourth-order valence-electron chi connectivity index (χ4n) is 3.00. The molecule has 0 fully saturated rings. The average molecular weight is 374 g/mol. The minimum Gasteiger partial charge on any atom is -0.493 e. The third kappa shape index (κ3) is 3.25. The first-order valence-electron chi connectivity index (χ1n) is 8.57. The maximum atomic E-state index is 10.7. The Hall–Kier alpha value is -3.31. The van der Waals surface area contributed by atoms with E-state index in [1.165, 1.54) is 0 Å². The highest BCUT2D eigenvalue weighted by Gasteiger charge is 2.16. The Morgan fingerprint density at radius 3 is 1.85 bits per heavy atom. The van der Waals surface area contributed by atoms with E-state index in [0.717, 1.165) is 22.9 Å². The van der Waals surface area contributed by atoms with E-state index in [-0.39, 0.29) is 5.88 Å². The van der Waals surface area contributed by atoms with Gasteiger partial charge in [0.15, 0.2) is 4.77 Å². The molecule has 27 heavy (non-hydrogen) atoms. The molecule has 0 bridgehead atoms. The molecule has 1 N–H and O–H groups in total. The van der Waals surface area contributed by atoms with E-state index >= 15 is 0 Å². The molecule has 0 spiro atoms. The molecule has 0 unspecified atom stereocenters. The molecule has 134 valence electrons. The standard InChI is InChI=1S/C22H18N2O2S/c1-16-21(25)24(22(27)23(16)17-8-4-2-5-9-17)18-12-14-20(15-13-18)26-19-10-6-3-7-11-19/h2-15,25H,1H3. The number of hydrogen-bond donors (Lipinski definition) is 1. The maximum absolute atomic E-state index is 10.7. The Labute approximate surface area is 162 Å². The van der Waals surface area contributed by atoms with Gasteiger partial charge < -0.3 is 9.84 Å². The highest BCUT2D eigenvalue weighted by molar-refractivity contribution is 7.71. The Morgan fingerprint density at radius 2 is 1.22 bits per heavy atom. The maximum Gasteiger partial charge on any atom is 0.218 e. The molecule has 5 heteroatoms. The van der Waals surface area contributed by atoms with Crippen LogP contribution in [0.5, 0.6) is 17.4 Å². The molecule has 0 atom stereocenters.